The maximum absolute atomic E-state index is 11.6. The van der Waals surface area contributed by atoms with Gasteiger partial charge in [0.1, 0.15) is 5.82 Å². The summed E-state index contributed by atoms with van der Waals surface area (Å²) in [7, 11) is 0. The minimum absolute atomic E-state index is 0.194. The maximum atomic E-state index is 11.6. The zero-order valence-electron chi connectivity index (χ0n) is 11.6. The molecule has 1 atom stereocenters. The molecule has 1 saturated heterocycles. The van der Waals surface area contributed by atoms with Gasteiger partial charge in [-0.25, -0.2) is 9.78 Å². The fourth-order valence-corrected chi connectivity index (χ4v) is 2.39. The third-order valence-electron chi connectivity index (χ3n) is 3.44. The summed E-state index contributed by atoms with van der Waals surface area (Å²) in [5.74, 6) is 0.952. The lowest BCUT2D eigenvalue weighted by molar-refractivity contribution is 0.0943. The Kier molecular flexibility index (Phi) is 4.79. The maximum Gasteiger partial charge on any atom is 0.409 e. The Hall–Kier alpha value is -1.56. The van der Waals surface area contributed by atoms with E-state index < -0.39 is 0 Å². The molecular formula is C13H22N4O2. The van der Waals surface area contributed by atoms with Crippen LogP contribution < -0.4 is 5.32 Å². The number of aromatic nitrogens is 2. The number of carbonyl (C=O) groups is 1. The molecule has 1 aromatic heterocycles. The molecule has 1 aliphatic heterocycles. The van der Waals surface area contributed by atoms with Crippen molar-refractivity contribution in [3.05, 3.63) is 18.2 Å². The molecule has 2 N–H and O–H groups in total. The van der Waals surface area contributed by atoms with Crippen molar-refractivity contribution in [1.82, 2.24) is 20.2 Å². The molecule has 0 saturated carbocycles. The SMILES string of the molecule is CCOC(=O)N1CCC(NC(C)c2ncc[nH]2)CC1. The summed E-state index contributed by atoms with van der Waals surface area (Å²) in [6.07, 6.45) is 5.29. The molecule has 19 heavy (non-hydrogen) atoms. The number of hydrogen-bond acceptors (Lipinski definition) is 4. The van der Waals surface area contributed by atoms with Crippen molar-refractivity contribution in [2.24, 2.45) is 0 Å². The van der Waals surface area contributed by atoms with E-state index in [0.717, 1.165) is 31.8 Å². The summed E-state index contributed by atoms with van der Waals surface area (Å²) >= 11 is 0. The Bertz CT molecular complexity index is 385. The minimum atomic E-state index is -0.194. The number of hydrogen-bond donors (Lipinski definition) is 2. The predicted molar refractivity (Wildman–Crippen MR) is 71.8 cm³/mol. The van der Waals surface area contributed by atoms with Crippen LogP contribution in [0.5, 0.6) is 0 Å². The fourth-order valence-electron chi connectivity index (χ4n) is 2.39. The standard InChI is InChI=1S/C13H22N4O2/c1-3-19-13(18)17-8-4-11(5-9-17)16-10(2)12-14-6-7-15-12/h6-7,10-11,16H,3-5,8-9H2,1-2H3,(H,14,15). The van der Waals surface area contributed by atoms with E-state index in [0.29, 0.717) is 12.6 Å². The Balaban J connectivity index is 1.76. The van der Waals surface area contributed by atoms with E-state index in [9.17, 15) is 4.79 Å². The Morgan fingerprint density at radius 3 is 2.95 bits per heavy atom. The topological polar surface area (TPSA) is 70.2 Å². The van der Waals surface area contributed by atoms with E-state index in [1.165, 1.54) is 0 Å². The summed E-state index contributed by atoms with van der Waals surface area (Å²) in [5, 5.41) is 3.54. The first-order chi connectivity index (χ1) is 9.20. The second kappa shape index (κ2) is 6.56. The third-order valence-corrected chi connectivity index (χ3v) is 3.44. The lowest BCUT2D eigenvalue weighted by Gasteiger charge is -2.32. The molecule has 2 rings (SSSR count). The van der Waals surface area contributed by atoms with Crippen LogP contribution in [0.15, 0.2) is 12.4 Å². The number of carbonyl (C=O) groups excluding carboxylic acids is 1. The molecule has 1 fully saturated rings. The molecule has 1 aliphatic rings. The molecule has 2 heterocycles. The smallest absolute Gasteiger partial charge is 0.409 e. The highest BCUT2D eigenvalue weighted by Gasteiger charge is 2.24. The Labute approximate surface area is 113 Å². The molecule has 106 valence electrons. The van der Waals surface area contributed by atoms with Crippen LogP contribution in [0, 0.1) is 0 Å². The molecule has 0 bridgehead atoms. The molecule has 0 radical (unpaired) electrons. The number of rotatable bonds is 4. The molecule has 0 aromatic carbocycles. The first kappa shape index (κ1) is 13.9. The van der Waals surface area contributed by atoms with Gasteiger partial charge in [-0.15, -0.1) is 0 Å². The van der Waals surface area contributed by atoms with Gasteiger partial charge in [-0.05, 0) is 26.7 Å². The highest BCUT2D eigenvalue weighted by molar-refractivity contribution is 5.67. The first-order valence-corrected chi connectivity index (χ1v) is 6.87. The summed E-state index contributed by atoms with van der Waals surface area (Å²) in [5.41, 5.74) is 0. The summed E-state index contributed by atoms with van der Waals surface area (Å²) in [4.78, 5) is 20.7. The van der Waals surface area contributed by atoms with Gasteiger partial charge in [0, 0.05) is 31.5 Å². The number of nitrogens with one attached hydrogen (secondary N) is 2. The van der Waals surface area contributed by atoms with E-state index >= 15 is 0 Å². The summed E-state index contributed by atoms with van der Waals surface area (Å²) in [6.45, 7) is 5.86. The van der Waals surface area contributed by atoms with Crippen LogP contribution in [0.3, 0.4) is 0 Å². The molecule has 1 amide bonds. The van der Waals surface area contributed by atoms with Crippen LogP contribution in [0.1, 0.15) is 38.6 Å². The van der Waals surface area contributed by atoms with Crippen LogP contribution in [0.2, 0.25) is 0 Å². The van der Waals surface area contributed by atoms with Gasteiger partial charge in [-0.1, -0.05) is 0 Å². The molecule has 6 nitrogen and oxygen atoms in total. The van der Waals surface area contributed by atoms with Gasteiger partial charge in [0.15, 0.2) is 0 Å². The van der Waals surface area contributed by atoms with Gasteiger partial charge in [0.25, 0.3) is 0 Å². The molecule has 1 aromatic rings. The molecule has 6 heteroatoms. The summed E-state index contributed by atoms with van der Waals surface area (Å²) < 4.78 is 5.01. The Morgan fingerprint density at radius 2 is 2.37 bits per heavy atom. The van der Waals surface area contributed by atoms with Gasteiger partial charge < -0.3 is 19.9 Å². The third kappa shape index (κ3) is 3.70. The monoisotopic (exact) mass is 266 g/mol. The second-order valence-corrected chi connectivity index (χ2v) is 4.82. The van der Waals surface area contributed by atoms with Crippen molar-refractivity contribution in [3.8, 4) is 0 Å². The lowest BCUT2D eigenvalue weighted by atomic mass is 10.0. The molecule has 0 aliphatic carbocycles. The van der Waals surface area contributed by atoms with Gasteiger partial charge in [0.2, 0.25) is 0 Å². The van der Waals surface area contributed by atoms with E-state index in [-0.39, 0.29) is 12.1 Å². The number of H-pyrrole nitrogens is 1. The largest absolute Gasteiger partial charge is 0.450 e. The zero-order chi connectivity index (χ0) is 13.7. The van der Waals surface area contributed by atoms with Crippen molar-refractivity contribution in [2.45, 2.75) is 38.8 Å². The second-order valence-electron chi connectivity index (χ2n) is 4.82. The number of nitrogens with zero attached hydrogens (tertiary/aromatic N) is 2. The van der Waals surface area contributed by atoms with Crippen molar-refractivity contribution in [2.75, 3.05) is 19.7 Å². The van der Waals surface area contributed by atoms with Crippen LogP contribution in [0.4, 0.5) is 4.79 Å². The normalized spacial score (nSPS) is 18.3. The number of likely N-dealkylation sites (tertiary alicyclic amines) is 1. The van der Waals surface area contributed by atoms with Gasteiger partial charge in [0.05, 0.1) is 12.6 Å². The van der Waals surface area contributed by atoms with Gasteiger partial charge in [-0.3, -0.25) is 0 Å². The first-order valence-electron chi connectivity index (χ1n) is 6.87. The predicted octanol–water partition coefficient (Wildman–Crippen LogP) is 1.68. The summed E-state index contributed by atoms with van der Waals surface area (Å²) in [6, 6.07) is 0.625. The van der Waals surface area contributed by atoms with E-state index in [4.69, 9.17) is 4.74 Å². The van der Waals surface area contributed by atoms with E-state index in [2.05, 4.69) is 22.2 Å². The number of imidazole rings is 1. The van der Waals surface area contributed by atoms with Crippen LogP contribution in [-0.4, -0.2) is 46.7 Å². The van der Waals surface area contributed by atoms with Gasteiger partial charge >= 0.3 is 6.09 Å². The van der Waals surface area contributed by atoms with Crippen LogP contribution in [-0.2, 0) is 4.74 Å². The minimum Gasteiger partial charge on any atom is -0.450 e. The lowest BCUT2D eigenvalue weighted by Crippen LogP contribution is -2.45. The number of piperidine rings is 1. The Morgan fingerprint density at radius 1 is 1.63 bits per heavy atom. The van der Waals surface area contributed by atoms with Crippen molar-refractivity contribution in [3.63, 3.8) is 0 Å². The van der Waals surface area contributed by atoms with Crippen LogP contribution >= 0.6 is 0 Å². The van der Waals surface area contributed by atoms with Crippen LogP contribution in [0.25, 0.3) is 0 Å². The highest BCUT2D eigenvalue weighted by Crippen LogP contribution is 2.15. The highest BCUT2D eigenvalue weighted by atomic mass is 16.6. The number of amides is 1. The van der Waals surface area contributed by atoms with Crippen molar-refractivity contribution >= 4 is 6.09 Å². The van der Waals surface area contributed by atoms with E-state index in [1.807, 2.05) is 13.1 Å². The molecular weight excluding hydrogens is 244 g/mol. The van der Waals surface area contributed by atoms with E-state index in [1.54, 1.807) is 11.1 Å². The van der Waals surface area contributed by atoms with Gasteiger partial charge in [-0.2, -0.15) is 0 Å². The number of aromatic amines is 1. The molecule has 0 spiro atoms. The fraction of sp³-hybridized carbons (Fsp3) is 0.692. The average molecular weight is 266 g/mol. The number of ether oxygens (including phenoxy) is 1. The zero-order valence-corrected chi connectivity index (χ0v) is 11.6. The molecule has 1 unspecified atom stereocenters. The van der Waals surface area contributed by atoms with Crippen molar-refractivity contribution < 1.29 is 9.53 Å². The average Bonchev–Trinajstić information content (AvgIpc) is 2.94. The van der Waals surface area contributed by atoms with Crippen molar-refractivity contribution in [1.29, 1.82) is 0 Å². The quantitative estimate of drug-likeness (QED) is 0.870.